The highest BCUT2D eigenvalue weighted by molar-refractivity contribution is 7.17. The lowest BCUT2D eigenvalue weighted by atomic mass is 10.1. The summed E-state index contributed by atoms with van der Waals surface area (Å²) in [6.45, 7) is 3.19. The molecule has 3 N–H and O–H groups in total. The van der Waals surface area contributed by atoms with Gasteiger partial charge in [-0.2, -0.15) is 0 Å². The third-order valence-electron chi connectivity index (χ3n) is 3.19. The van der Waals surface area contributed by atoms with Gasteiger partial charge in [0, 0.05) is 5.56 Å². The first kappa shape index (κ1) is 17.6. The van der Waals surface area contributed by atoms with Crippen LogP contribution in [-0.4, -0.2) is 29.5 Å². The highest BCUT2D eigenvalue weighted by atomic mass is 32.1. The molecule has 1 aromatic heterocycles. The second kappa shape index (κ2) is 7.69. The highest BCUT2D eigenvalue weighted by Crippen LogP contribution is 2.28. The molecule has 0 aliphatic rings. The maximum atomic E-state index is 12.1. The van der Waals surface area contributed by atoms with Crippen LogP contribution in [0.5, 0.6) is 0 Å². The number of thiazole rings is 1. The highest BCUT2D eigenvalue weighted by Gasteiger charge is 2.19. The molecule has 3 amide bonds. The predicted molar refractivity (Wildman–Crippen MR) is 89.7 cm³/mol. The number of imide groups is 1. The fourth-order valence-electron chi connectivity index (χ4n) is 1.96. The van der Waals surface area contributed by atoms with Crippen molar-refractivity contribution < 1.29 is 19.1 Å². The summed E-state index contributed by atoms with van der Waals surface area (Å²) < 4.78 is 4.87. The summed E-state index contributed by atoms with van der Waals surface area (Å²) in [5, 5.41) is 2.51. The Morgan fingerprint density at radius 3 is 2.50 bits per heavy atom. The van der Waals surface area contributed by atoms with Gasteiger partial charge in [-0.3, -0.25) is 10.1 Å². The Labute approximate surface area is 142 Å². The Morgan fingerprint density at radius 2 is 1.92 bits per heavy atom. The molecule has 0 fully saturated rings. The van der Waals surface area contributed by atoms with E-state index in [2.05, 4.69) is 11.9 Å². The number of primary amides is 1. The minimum absolute atomic E-state index is 0.316. The Kier molecular flexibility index (Phi) is 5.64. The minimum Gasteiger partial charge on any atom is -0.451 e. The van der Waals surface area contributed by atoms with Gasteiger partial charge in [-0.05, 0) is 18.9 Å². The van der Waals surface area contributed by atoms with E-state index in [0.717, 1.165) is 12.0 Å². The lowest BCUT2D eigenvalue weighted by Gasteiger charge is -2.02. The summed E-state index contributed by atoms with van der Waals surface area (Å²) in [6.07, 6.45) is 0.947. The summed E-state index contributed by atoms with van der Waals surface area (Å²) >= 11 is 1.19. The molecule has 0 spiro atoms. The van der Waals surface area contributed by atoms with Gasteiger partial charge in [0.15, 0.2) is 6.61 Å². The molecule has 24 heavy (non-hydrogen) atoms. The van der Waals surface area contributed by atoms with Crippen molar-refractivity contribution in [3.63, 3.8) is 0 Å². The van der Waals surface area contributed by atoms with Gasteiger partial charge in [0.1, 0.15) is 9.88 Å². The summed E-state index contributed by atoms with van der Waals surface area (Å²) in [7, 11) is 0. The zero-order valence-corrected chi connectivity index (χ0v) is 14.1. The van der Waals surface area contributed by atoms with Gasteiger partial charge < -0.3 is 10.5 Å². The second-order valence-electron chi connectivity index (χ2n) is 4.97. The summed E-state index contributed by atoms with van der Waals surface area (Å²) in [6, 6.07) is 6.93. The van der Waals surface area contributed by atoms with Crippen molar-refractivity contribution in [2.24, 2.45) is 5.73 Å². The number of aromatic nitrogens is 1. The van der Waals surface area contributed by atoms with Crippen LogP contribution in [0.4, 0.5) is 4.79 Å². The fraction of sp³-hybridized carbons (Fsp3) is 0.250. The number of nitrogens with one attached hydrogen (secondary N) is 1. The average molecular weight is 347 g/mol. The number of hydrogen-bond acceptors (Lipinski definition) is 6. The molecule has 8 heteroatoms. The van der Waals surface area contributed by atoms with E-state index < -0.39 is 24.5 Å². The third-order valence-corrected chi connectivity index (χ3v) is 4.37. The number of carbonyl (C=O) groups is 3. The van der Waals surface area contributed by atoms with Crippen molar-refractivity contribution in [3.8, 4) is 10.6 Å². The average Bonchev–Trinajstić information content (AvgIpc) is 2.94. The number of aryl methyl sites for hydroxylation is 2. The monoisotopic (exact) mass is 347 g/mol. The number of amides is 3. The van der Waals surface area contributed by atoms with Gasteiger partial charge >= 0.3 is 12.0 Å². The Bertz CT molecular complexity index is 768. The summed E-state index contributed by atoms with van der Waals surface area (Å²) in [5.74, 6) is -1.45. The number of nitrogens with two attached hydrogens (primary N) is 1. The number of benzene rings is 1. The molecule has 0 atom stereocenters. The van der Waals surface area contributed by atoms with Gasteiger partial charge in [-0.1, -0.05) is 31.2 Å². The molecule has 2 rings (SSSR count). The van der Waals surface area contributed by atoms with E-state index in [4.69, 9.17) is 10.5 Å². The Morgan fingerprint density at radius 1 is 1.25 bits per heavy atom. The van der Waals surface area contributed by atoms with Crippen LogP contribution in [0.15, 0.2) is 24.3 Å². The first-order valence-corrected chi connectivity index (χ1v) is 8.05. The van der Waals surface area contributed by atoms with E-state index in [1.54, 1.807) is 6.92 Å². The minimum atomic E-state index is -0.997. The van der Waals surface area contributed by atoms with Gasteiger partial charge in [0.25, 0.3) is 5.91 Å². The molecule has 0 aliphatic heterocycles. The maximum absolute atomic E-state index is 12.1. The smallest absolute Gasteiger partial charge is 0.350 e. The fourth-order valence-corrected chi connectivity index (χ4v) is 2.93. The van der Waals surface area contributed by atoms with Gasteiger partial charge in [-0.15, -0.1) is 11.3 Å². The molecular weight excluding hydrogens is 330 g/mol. The number of nitrogens with zero attached hydrogens (tertiary/aromatic N) is 1. The van der Waals surface area contributed by atoms with Gasteiger partial charge in [0.05, 0.1) is 5.69 Å². The van der Waals surface area contributed by atoms with Crippen LogP contribution in [-0.2, 0) is 16.0 Å². The van der Waals surface area contributed by atoms with Crippen molar-refractivity contribution in [3.05, 3.63) is 40.4 Å². The van der Waals surface area contributed by atoms with Crippen LogP contribution in [0.1, 0.15) is 27.9 Å². The molecule has 7 nitrogen and oxygen atoms in total. The number of carbonyl (C=O) groups excluding carboxylic acids is 3. The maximum Gasteiger partial charge on any atom is 0.350 e. The molecular formula is C16H17N3O4S. The largest absolute Gasteiger partial charge is 0.451 e. The van der Waals surface area contributed by atoms with Gasteiger partial charge in [-0.25, -0.2) is 14.6 Å². The number of rotatable bonds is 5. The number of urea groups is 1. The van der Waals surface area contributed by atoms with E-state index in [1.807, 2.05) is 29.6 Å². The van der Waals surface area contributed by atoms with Crippen molar-refractivity contribution in [2.45, 2.75) is 20.3 Å². The van der Waals surface area contributed by atoms with Crippen LogP contribution in [0.3, 0.4) is 0 Å². The predicted octanol–water partition coefficient (Wildman–Crippen LogP) is 2.03. The first-order valence-electron chi connectivity index (χ1n) is 7.23. The van der Waals surface area contributed by atoms with Gasteiger partial charge in [0.2, 0.25) is 0 Å². The first-order chi connectivity index (χ1) is 11.4. The second-order valence-corrected chi connectivity index (χ2v) is 5.97. The lowest BCUT2D eigenvalue weighted by molar-refractivity contribution is -0.123. The quantitative estimate of drug-likeness (QED) is 0.804. The Hall–Kier alpha value is -2.74. The van der Waals surface area contributed by atoms with Crippen LogP contribution >= 0.6 is 11.3 Å². The molecule has 126 valence electrons. The van der Waals surface area contributed by atoms with Crippen molar-refractivity contribution in [1.29, 1.82) is 0 Å². The molecule has 0 saturated heterocycles. The molecule has 1 aromatic carbocycles. The molecule has 0 unspecified atom stereocenters. The van der Waals surface area contributed by atoms with Crippen LogP contribution < -0.4 is 11.1 Å². The number of esters is 1. The number of ether oxygens (including phenoxy) is 1. The van der Waals surface area contributed by atoms with Crippen LogP contribution in [0.25, 0.3) is 10.6 Å². The summed E-state index contributed by atoms with van der Waals surface area (Å²) in [5.41, 5.74) is 7.45. The van der Waals surface area contributed by atoms with Crippen LogP contribution in [0, 0.1) is 6.92 Å². The molecule has 2 aromatic rings. The van der Waals surface area contributed by atoms with E-state index >= 15 is 0 Å². The molecule has 0 radical (unpaired) electrons. The summed E-state index contributed by atoms with van der Waals surface area (Å²) in [4.78, 5) is 38.5. The van der Waals surface area contributed by atoms with E-state index in [-0.39, 0.29) is 0 Å². The van der Waals surface area contributed by atoms with E-state index in [1.165, 1.54) is 16.9 Å². The zero-order valence-electron chi connectivity index (χ0n) is 13.3. The third kappa shape index (κ3) is 4.39. The SMILES string of the molecule is CCc1ccc(-c2nc(C)c(C(=O)OCC(=O)NC(N)=O)s2)cc1. The normalized spacial score (nSPS) is 10.2. The molecule has 0 saturated carbocycles. The Balaban J connectivity index is 2.08. The van der Waals surface area contributed by atoms with Crippen molar-refractivity contribution in [1.82, 2.24) is 10.3 Å². The molecule has 0 bridgehead atoms. The van der Waals surface area contributed by atoms with E-state index in [9.17, 15) is 14.4 Å². The zero-order chi connectivity index (χ0) is 17.7. The molecule has 1 heterocycles. The lowest BCUT2D eigenvalue weighted by Crippen LogP contribution is -2.37. The van der Waals surface area contributed by atoms with E-state index in [0.29, 0.717) is 15.6 Å². The van der Waals surface area contributed by atoms with Crippen molar-refractivity contribution >= 4 is 29.2 Å². The van der Waals surface area contributed by atoms with Crippen LogP contribution in [0.2, 0.25) is 0 Å². The topological polar surface area (TPSA) is 111 Å². The van der Waals surface area contributed by atoms with Crippen molar-refractivity contribution in [2.75, 3.05) is 6.61 Å². The molecule has 0 aliphatic carbocycles. The standard InChI is InChI=1S/C16H17N3O4S/c1-3-10-4-6-11(7-5-10)14-18-9(2)13(24-14)15(21)23-8-12(20)19-16(17)22/h4-7H,3,8H2,1-2H3,(H3,17,19,20,22). The number of hydrogen-bond donors (Lipinski definition) is 2.